The lowest BCUT2D eigenvalue weighted by Crippen LogP contribution is -2.34. The van der Waals surface area contributed by atoms with E-state index in [1.807, 2.05) is 0 Å². The van der Waals surface area contributed by atoms with Gasteiger partial charge in [0.05, 0.1) is 35.1 Å². The molecule has 5 rings (SSSR count). The molecule has 14 heteroatoms. The molecule has 4 heterocycles. The number of halogens is 4. The summed E-state index contributed by atoms with van der Waals surface area (Å²) < 4.78 is 58.7. The summed E-state index contributed by atoms with van der Waals surface area (Å²) in [6.07, 6.45) is -2.35. The molecule has 0 spiro atoms. The largest absolute Gasteiger partial charge is 0.465 e. The molecule has 2 N–H and O–H groups in total. The fraction of sp³-hybridized carbons (Fsp3) is 0.0870. The Morgan fingerprint density at radius 1 is 1.11 bits per heavy atom. The fourth-order valence-electron chi connectivity index (χ4n) is 3.75. The maximum Gasteiger partial charge on any atom is 0.416 e. The first-order chi connectivity index (χ1) is 17.6. The summed E-state index contributed by atoms with van der Waals surface area (Å²) in [6, 6.07) is 5.32. The number of methoxy groups -OCH3 is 1. The van der Waals surface area contributed by atoms with Gasteiger partial charge in [-0.3, -0.25) is 9.69 Å². The smallest absolute Gasteiger partial charge is 0.416 e. The first-order valence-electron chi connectivity index (χ1n) is 10.3. The van der Waals surface area contributed by atoms with Crippen LogP contribution in [0, 0.1) is 5.82 Å². The number of alkyl halides is 3. The third kappa shape index (κ3) is 4.20. The molecule has 0 saturated carbocycles. The number of hydrogen-bond acceptors (Lipinski definition) is 7. The maximum atomic E-state index is 15.2. The van der Waals surface area contributed by atoms with Gasteiger partial charge in [-0.15, -0.1) is 11.3 Å². The molecule has 190 valence electrons. The predicted octanol–water partition coefficient (Wildman–Crippen LogP) is 5.82. The zero-order valence-corrected chi connectivity index (χ0v) is 19.3. The Balaban J connectivity index is 0.00000336. The summed E-state index contributed by atoms with van der Waals surface area (Å²) in [5.41, 5.74) is -1.000. The lowest BCUT2D eigenvalue weighted by atomic mass is 10.1. The van der Waals surface area contributed by atoms with Crippen molar-refractivity contribution in [3.05, 3.63) is 70.6 Å². The van der Waals surface area contributed by atoms with Gasteiger partial charge in [0, 0.05) is 19.4 Å². The molecule has 37 heavy (non-hydrogen) atoms. The van der Waals surface area contributed by atoms with Crippen LogP contribution in [-0.4, -0.2) is 35.0 Å². The van der Waals surface area contributed by atoms with Crippen molar-refractivity contribution in [1.29, 1.82) is 0 Å². The fourth-order valence-corrected chi connectivity index (χ4v) is 4.79. The average molecular weight is 533 g/mol. The van der Waals surface area contributed by atoms with Crippen molar-refractivity contribution in [2.75, 3.05) is 22.6 Å². The van der Waals surface area contributed by atoms with Gasteiger partial charge in [-0.1, -0.05) is 0 Å². The molecule has 1 aliphatic heterocycles. The quantitative estimate of drug-likeness (QED) is 0.253. The summed E-state index contributed by atoms with van der Waals surface area (Å²) in [4.78, 5) is 47.1. The van der Waals surface area contributed by atoms with Crippen LogP contribution in [0.15, 0.2) is 48.8 Å². The van der Waals surface area contributed by atoms with Crippen molar-refractivity contribution in [3.8, 4) is 0 Å². The average Bonchev–Trinajstić information content (AvgIpc) is 3.23. The molecule has 0 atom stereocenters. The first kappa shape index (κ1) is 24.1. The number of amides is 3. The van der Waals surface area contributed by atoms with E-state index in [2.05, 4.69) is 20.6 Å². The van der Waals surface area contributed by atoms with Gasteiger partial charge in [0.1, 0.15) is 21.3 Å². The van der Waals surface area contributed by atoms with Crippen LogP contribution >= 0.6 is 11.3 Å². The molecule has 9 nitrogen and oxygen atoms in total. The van der Waals surface area contributed by atoms with E-state index in [0.717, 1.165) is 34.6 Å². The van der Waals surface area contributed by atoms with E-state index < -0.39 is 35.5 Å². The minimum absolute atomic E-state index is 0. The second kappa shape index (κ2) is 8.81. The number of pyridine rings is 2. The lowest BCUT2D eigenvalue weighted by molar-refractivity contribution is -0.137. The minimum atomic E-state index is -4.64. The normalized spacial score (nSPS) is 12.9. The van der Waals surface area contributed by atoms with Gasteiger partial charge in [0.2, 0.25) is 0 Å². The van der Waals surface area contributed by atoms with Crippen LogP contribution in [0.1, 0.15) is 27.0 Å². The summed E-state index contributed by atoms with van der Waals surface area (Å²) in [5.74, 6) is -2.91. The van der Waals surface area contributed by atoms with Gasteiger partial charge in [-0.25, -0.2) is 23.9 Å². The molecule has 0 aliphatic carbocycles. The third-order valence-corrected chi connectivity index (χ3v) is 6.47. The van der Waals surface area contributed by atoms with Gasteiger partial charge >= 0.3 is 18.2 Å². The maximum absolute atomic E-state index is 15.2. The highest BCUT2D eigenvalue weighted by atomic mass is 32.1. The van der Waals surface area contributed by atoms with Crippen molar-refractivity contribution < 1.29 is 38.1 Å². The predicted molar refractivity (Wildman–Crippen MR) is 128 cm³/mol. The number of benzene rings is 1. The molecule has 4 aromatic rings. The highest BCUT2D eigenvalue weighted by Gasteiger charge is 2.34. The molecular weight excluding hydrogens is 518 g/mol. The van der Waals surface area contributed by atoms with Crippen LogP contribution in [0.4, 0.5) is 45.2 Å². The van der Waals surface area contributed by atoms with Crippen molar-refractivity contribution >= 4 is 62.3 Å². The van der Waals surface area contributed by atoms with Crippen LogP contribution < -0.4 is 15.5 Å². The first-order valence-corrected chi connectivity index (χ1v) is 11.1. The third-order valence-electron chi connectivity index (χ3n) is 5.40. The molecule has 0 saturated heterocycles. The summed E-state index contributed by atoms with van der Waals surface area (Å²) in [6.45, 7) is 0. The summed E-state index contributed by atoms with van der Waals surface area (Å²) in [7, 11) is 1.20. The van der Waals surface area contributed by atoms with Gasteiger partial charge in [0.15, 0.2) is 0 Å². The van der Waals surface area contributed by atoms with Crippen molar-refractivity contribution in [1.82, 2.24) is 9.97 Å². The number of anilines is 4. The highest BCUT2D eigenvalue weighted by Crippen LogP contribution is 2.46. The monoisotopic (exact) mass is 533 g/mol. The number of thiophene rings is 1. The molecule has 0 bridgehead atoms. The zero-order valence-electron chi connectivity index (χ0n) is 18.5. The van der Waals surface area contributed by atoms with Gasteiger partial charge in [-0.2, -0.15) is 13.2 Å². The number of ether oxygens (including phenoxy) is 1. The Morgan fingerprint density at radius 3 is 2.57 bits per heavy atom. The van der Waals surface area contributed by atoms with Crippen molar-refractivity contribution in [3.63, 3.8) is 0 Å². The van der Waals surface area contributed by atoms with Crippen LogP contribution in [-0.2, 0) is 10.9 Å². The number of nitrogens with one attached hydrogen (secondary N) is 2. The molecule has 1 aromatic carbocycles. The Hall–Kier alpha value is -4.59. The van der Waals surface area contributed by atoms with E-state index in [0.29, 0.717) is 16.3 Å². The van der Waals surface area contributed by atoms with E-state index in [1.165, 1.54) is 31.5 Å². The Morgan fingerprint density at radius 2 is 1.86 bits per heavy atom. The molecule has 3 aromatic heterocycles. The van der Waals surface area contributed by atoms with Crippen LogP contribution in [0.3, 0.4) is 0 Å². The second-order valence-electron chi connectivity index (χ2n) is 7.62. The molecular formula is C23H15F4N5O4S. The molecule has 0 unspecified atom stereocenters. The second-order valence-corrected chi connectivity index (χ2v) is 8.62. The lowest BCUT2D eigenvalue weighted by Gasteiger charge is -2.28. The van der Waals surface area contributed by atoms with Crippen LogP contribution in [0.25, 0.3) is 10.2 Å². The van der Waals surface area contributed by atoms with E-state index in [1.54, 1.807) is 0 Å². The van der Waals surface area contributed by atoms with Crippen molar-refractivity contribution in [2.45, 2.75) is 6.18 Å². The molecule has 0 radical (unpaired) electrons. The van der Waals surface area contributed by atoms with E-state index in [-0.39, 0.29) is 34.7 Å². The van der Waals surface area contributed by atoms with Gasteiger partial charge in [-0.05, 0) is 36.4 Å². The summed E-state index contributed by atoms with van der Waals surface area (Å²) in [5, 5.41) is 5.16. The Bertz CT molecular complexity index is 1610. The number of esters is 1. The Labute approximate surface area is 210 Å². The molecule has 3 amide bonds. The van der Waals surface area contributed by atoms with E-state index in [4.69, 9.17) is 4.74 Å². The number of nitrogens with zero attached hydrogens (tertiary/aromatic N) is 3. The molecule has 1 aliphatic rings. The number of carbonyl (C=O) groups excluding carboxylic acids is 3. The number of carbonyl (C=O) groups is 3. The number of urea groups is 1. The summed E-state index contributed by atoms with van der Waals surface area (Å²) >= 11 is 0.998. The van der Waals surface area contributed by atoms with Gasteiger partial charge in [0.25, 0.3) is 5.91 Å². The molecule has 0 fully saturated rings. The number of aromatic nitrogens is 2. The van der Waals surface area contributed by atoms with E-state index >= 15 is 4.39 Å². The van der Waals surface area contributed by atoms with Crippen molar-refractivity contribution in [2.24, 2.45) is 0 Å². The number of rotatable bonds is 4. The highest BCUT2D eigenvalue weighted by molar-refractivity contribution is 7.21. The van der Waals surface area contributed by atoms with Crippen LogP contribution in [0.5, 0.6) is 0 Å². The number of hydrogen-bond donors (Lipinski definition) is 2. The Kier molecular flexibility index (Phi) is 5.75. The van der Waals surface area contributed by atoms with Crippen LogP contribution in [0.2, 0.25) is 0 Å². The topological polar surface area (TPSA) is 114 Å². The zero-order chi connectivity index (χ0) is 26.5. The minimum Gasteiger partial charge on any atom is -0.465 e. The van der Waals surface area contributed by atoms with Gasteiger partial charge < -0.3 is 15.4 Å². The SMILES string of the molecule is COC(=O)c1sc2nccc3c2c1NC(=O)N3c1ccc(C(=O)Nc2cc(C(F)(F)F)ccn2)cc1F.[HH]. The van der Waals surface area contributed by atoms with E-state index in [9.17, 15) is 27.6 Å². The standard InChI is InChI=1S/C23H13F4N5O4S.H2/c1-36-21(34)18-17-16-14(5-7-29-20(16)37-18)32(22(35)31-17)13-3-2-10(8-12(13)24)19(33)30-15-9-11(4-6-28-15)23(25,26)27;/h2-9H,1H3,(H,31,35)(H,28,30,33);1H.